The number of amides is 4. The van der Waals surface area contributed by atoms with E-state index in [-0.39, 0.29) is 17.8 Å². The van der Waals surface area contributed by atoms with Crippen molar-refractivity contribution in [2.75, 3.05) is 25.0 Å². The number of carbonyl (C=O) groups excluding carboxylic acids is 3. The second kappa shape index (κ2) is 15.0. The summed E-state index contributed by atoms with van der Waals surface area (Å²) < 4.78 is 2.29. The Morgan fingerprint density at radius 2 is 1.26 bits per heavy atom. The van der Waals surface area contributed by atoms with Crippen LogP contribution in [0.15, 0.2) is 139 Å². The van der Waals surface area contributed by atoms with E-state index in [0.717, 1.165) is 33.5 Å². The molecule has 5 aromatic carbocycles. The SMILES string of the molecule is CCN1C(=O)/C(=C(/C)c2ccc3c(c2)c2ccccc2n3-c2ccccc2)N(C)C1=S.CCN1C(=O)/C(=C\c2ccc(C)cc2)N(c2ccccc2)C1=O. The molecule has 0 spiro atoms. The molecule has 0 saturated carbocycles. The fourth-order valence-electron chi connectivity index (χ4n) is 7.12. The summed E-state index contributed by atoms with van der Waals surface area (Å²) in [7, 11) is 1.87. The van der Waals surface area contributed by atoms with Crippen LogP contribution in [0.1, 0.15) is 37.5 Å². The summed E-state index contributed by atoms with van der Waals surface area (Å²) >= 11 is 5.48. The first-order chi connectivity index (χ1) is 26.1. The molecule has 2 fully saturated rings. The maximum Gasteiger partial charge on any atom is 0.336 e. The van der Waals surface area contributed by atoms with Gasteiger partial charge < -0.3 is 9.47 Å². The van der Waals surface area contributed by atoms with Crippen molar-refractivity contribution in [3.8, 4) is 5.69 Å². The van der Waals surface area contributed by atoms with Crippen molar-refractivity contribution in [1.82, 2.24) is 19.3 Å². The summed E-state index contributed by atoms with van der Waals surface area (Å²) in [6.07, 6.45) is 1.77. The van der Waals surface area contributed by atoms with E-state index < -0.39 is 0 Å². The lowest BCUT2D eigenvalue weighted by molar-refractivity contribution is -0.123. The predicted molar refractivity (Wildman–Crippen MR) is 222 cm³/mol. The summed E-state index contributed by atoms with van der Waals surface area (Å²) in [5, 5.41) is 2.92. The highest BCUT2D eigenvalue weighted by molar-refractivity contribution is 7.80. The third-order valence-corrected chi connectivity index (χ3v) is 10.4. The number of likely N-dealkylation sites (N-methyl/N-ethyl adjacent to an activating group) is 3. The topological polar surface area (TPSA) is 69.1 Å². The van der Waals surface area contributed by atoms with Crippen LogP contribution in [-0.4, -0.2) is 62.4 Å². The average Bonchev–Trinajstić information content (AvgIpc) is 3.74. The van der Waals surface area contributed by atoms with Crippen LogP contribution in [0.2, 0.25) is 0 Å². The zero-order valence-corrected chi connectivity index (χ0v) is 31.8. The fourth-order valence-corrected chi connectivity index (χ4v) is 7.42. The van der Waals surface area contributed by atoms with Crippen LogP contribution in [0.25, 0.3) is 39.1 Å². The van der Waals surface area contributed by atoms with Crippen molar-refractivity contribution in [1.29, 1.82) is 0 Å². The lowest BCUT2D eigenvalue weighted by atomic mass is 10.0. The first kappa shape index (κ1) is 36.1. The van der Waals surface area contributed by atoms with E-state index in [1.165, 1.54) is 26.1 Å². The smallest absolute Gasteiger partial charge is 0.317 e. The number of benzene rings is 5. The van der Waals surface area contributed by atoms with Crippen LogP contribution in [0.4, 0.5) is 10.5 Å². The quantitative estimate of drug-likeness (QED) is 0.0971. The van der Waals surface area contributed by atoms with Gasteiger partial charge in [0.25, 0.3) is 11.8 Å². The Balaban J connectivity index is 0.000000175. The van der Waals surface area contributed by atoms with Crippen molar-refractivity contribution in [3.63, 3.8) is 0 Å². The van der Waals surface area contributed by atoms with Gasteiger partial charge in [0.2, 0.25) is 0 Å². The Labute approximate surface area is 320 Å². The molecule has 2 aliphatic heterocycles. The van der Waals surface area contributed by atoms with Gasteiger partial charge in [-0.25, -0.2) is 4.79 Å². The molecule has 1 aromatic heterocycles. The van der Waals surface area contributed by atoms with Crippen LogP contribution in [0.5, 0.6) is 0 Å². The van der Waals surface area contributed by atoms with Gasteiger partial charge in [-0.15, -0.1) is 0 Å². The van der Waals surface area contributed by atoms with E-state index in [9.17, 15) is 14.4 Å². The number of para-hydroxylation sites is 3. The van der Waals surface area contributed by atoms with Crippen LogP contribution < -0.4 is 4.90 Å². The Morgan fingerprint density at radius 1 is 0.667 bits per heavy atom. The molecule has 4 amide bonds. The standard InChI is InChI=1S/C26H23N3OS.C19H18N2O2/c1-4-28-25(30)24(27(3)26(28)31)17(2)18-14-15-23-21(16-18)20-12-8-9-13-22(20)29(23)19-10-6-5-7-11-19;1-3-20-18(22)17(13-15-11-9-14(2)10-12-15)21(19(20)23)16-7-5-4-6-8-16/h5-16H,4H2,1-3H3;4-13H,3H2,1-2H3/b24-17+;17-13+. The number of hydrogen-bond acceptors (Lipinski definition) is 4. The van der Waals surface area contributed by atoms with Crippen molar-refractivity contribution < 1.29 is 14.4 Å². The first-order valence-electron chi connectivity index (χ1n) is 18.0. The number of anilines is 1. The van der Waals surface area contributed by atoms with Crippen molar-refractivity contribution in [2.24, 2.45) is 0 Å². The molecule has 0 N–H and O–H groups in total. The molecule has 0 aliphatic carbocycles. The van der Waals surface area contributed by atoms with Crippen LogP contribution in [0, 0.1) is 6.92 Å². The molecule has 0 bridgehead atoms. The maximum atomic E-state index is 13.0. The zero-order chi connectivity index (χ0) is 38.1. The number of thiocarbonyl (C=S) groups is 1. The number of allylic oxidation sites excluding steroid dienone is 1. The molecule has 8 nitrogen and oxygen atoms in total. The molecule has 2 aliphatic rings. The predicted octanol–water partition coefficient (Wildman–Crippen LogP) is 9.42. The Kier molecular flexibility index (Phi) is 9.99. The number of rotatable bonds is 6. The highest BCUT2D eigenvalue weighted by Crippen LogP contribution is 2.36. The van der Waals surface area contributed by atoms with Crippen LogP contribution in [0.3, 0.4) is 0 Å². The third-order valence-electron chi connectivity index (χ3n) is 9.93. The summed E-state index contributed by atoms with van der Waals surface area (Å²) in [6.45, 7) is 8.68. The molecule has 0 atom stereocenters. The molecule has 270 valence electrons. The lowest BCUT2D eigenvalue weighted by Gasteiger charge is -2.16. The minimum absolute atomic E-state index is 0.0284. The lowest BCUT2D eigenvalue weighted by Crippen LogP contribution is -2.32. The number of carbonyl (C=O) groups is 3. The monoisotopic (exact) mass is 731 g/mol. The average molecular weight is 732 g/mol. The second-order valence-electron chi connectivity index (χ2n) is 13.2. The van der Waals surface area contributed by atoms with Gasteiger partial charge in [-0.2, -0.15) is 0 Å². The normalized spacial score (nSPS) is 16.3. The van der Waals surface area contributed by atoms with Crippen molar-refractivity contribution in [3.05, 3.63) is 155 Å². The second-order valence-corrected chi connectivity index (χ2v) is 13.6. The molecule has 0 radical (unpaired) electrons. The van der Waals surface area contributed by atoms with E-state index in [2.05, 4.69) is 71.3 Å². The van der Waals surface area contributed by atoms with E-state index in [0.29, 0.717) is 35.3 Å². The summed E-state index contributed by atoms with van der Waals surface area (Å²) in [6, 6.07) is 42.1. The van der Waals surface area contributed by atoms with E-state index in [1.807, 2.05) is 93.4 Å². The highest BCUT2D eigenvalue weighted by atomic mass is 32.1. The van der Waals surface area contributed by atoms with Gasteiger partial charge in [-0.3, -0.25) is 24.3 Å². The minimum Gasteiger partial charge on any atom is -0.317 e. The van der Waals surface area contributed by atoms with Gasteiger partial charge >= 0.3 is 6.03 Å². The molecule has 6 aromatic rings. The number of imide groups is 1. The minimum atomic E-state index is -0.304. The molecular weight excluding hydrogens is 691 g/mol. The molecule has 0 unspecified atom stereocenters. The third kappa shape index (κ3) is 6.37. The van der Waals surface area contributed by atoms with Crippen molar-refractivity contribution in [2.45, 2.75) is 27.7 Å². The van der Waals surface area contributed by atoms with Crippen LogP contribution in [-0.2, 0) is 9.59 Å². The van der Waals surface area contributed by atoms with Crippen molar-refractivity contribution >= 4 is 74.3 Å². The molecule has 2 saturated heterocycles. The molecule has 3 heterocycles. The van der Waals surface area contributed by atoms with Crippen LogP contribution >= 0.6 is 12.2 Å². The van der Waals surface area contributed by atoms with Gasteiger partial charge in [-0.05, 0) is 105 Å². The molecule has 8 rings (SSSR count). The van der Waals surface area contributed by atoms with Gasteiger partial charge in [0.1, 0.15) is 11.4 Å². The Hall–Kier alpha value is -6.32. The largest absolute Gasteiger partial charge is 0.336 e. The molecule has 9 heteroatoms. The number of aromatic nitrogens is 1. The van der Waals surface area contributed by atoms with E-state index in [1.54, 1.807) is 17.9 Å². The van der Waals surface area contributed by atoms with E-state index in [4.69, 9.17) is 12.2 Å². The summed E-state index contributed by atoms with van der Waals surface area (Å²) in [4.78, 5) is 44.4. The summed E-state index contributed by atoms with van der Waals surface area (Å²) in [5.41, 5.74) is 9.17. The fraction of sp³-hybridized carbons (Fsp3) is 0.156. The number of hydrogen-bond donors (Lipinski definition) is 0. The Morgan fingerprint density at radius 3 is 1.89 bits per heavy atom. The number of urea groups is 1. The van der Waals surface area contributed by atoms with Gasteiger partial charge in [0.15, 0.2) is 5.11 Å². The molecular formula is C45H41N5O3S. The number of nitrogens with zero attached hydrogens (tertiary/aromatic N) is 5. The van der Waals surface area contributed by atoms with Gasteiger partial charge in [0, 0.05) is 36.6 Å². The summed E-state index contributed by atoms with van der Waals surface area (Å²) in [5.74, 6) is -0.291. The first-order valence-corrected chi connectivity index (χ1v) is 18.4. The Bertz CT molecular complexity index is 2490. The van der Waals surface area contributed by atoms with Gasteiger partial charge in [-0.1, -0.05) is 90.5 Å². The van der Waals surface area contributed by atoms with E-state index >= 15 is 0 Å². The zero-order valence-electron chi connectivity index (χ0n) is 31.0. The maximum absolute atomic E-state index is 13.0. The number of aryl methyl sites for hydroxylation is 1. The number of fused-ring (bicyclic) bond motifs is 3. The van der Waals surface area contributed by atoms with Gasteiger partial charge in [0.05, 0.1) is 16.7 Å². The highest BCUT2D eigenvalue weighted by Gasteiger charge is 2.41. The molecule has 54 heavy (non-hydrogen) atoms.